The van der Waals surface area contributed by atoms with E-state index in [9.17, 15) is 0 Å². The summed E-state index contributed by atoms with van der Waals surface area (Å²) in [7, 11) is 0. The van der Waals surface area contributed by atoms with E-state index in [4.69, 9.17) is 10.5 Å². The number of nitrogens with zero attached hydrogens (tertiary/aromatic N) is 3. The van der Waals surface area contributed by atoms with Gasteiger partial charge in [-0.3, -0.25) is 0 Å². The van der Waals surface area contributed by atoms with Crippen molar-refractivity contribution < 1.29 is 4.74 Å². The summed E-state index contributed by atoms with van der Waals surface area (Å²) < 4.78 is 7.71. The van der Waals surface area contributed by atoms with Gasteiger partial charge in [-0.2, -0.15) is 5.10 Å². The monoisotopic (exact) mass is 284 g/mol. The van der Waals surface area contributed by atoms with Crippen LogP contribution in [0.3, 0.4) is 0 Å². The molecule has 1 aromatic carbocycles. The molecule has 2 aromatic rings. The van der Waals surface area contributed by atoms with Crippen molar-refractivity contribution in [1.29, 1.82) is 0 Å². The highest BCUT2D eigenvalue weighted by molar-refractivity contribution is 5.48. The SMILES string of the molecule is CCCn1ncnc1COc1ccc(C)cc1C#CCN. The summed E-state index contributed by atoms with van der Waals surface area (Å²) in [5, 5.41) is 4.19. The second-order valence-electron chi connectivity index (χ2n) is 4.69. The van der Waals surface area contributed by atoms with Gasteiger partial charge in [-0.25, -0.2) is 9.67 Å². The van der Waals surface area contributed by atoms with Crippen molar-refractivity contribution in [2.75, 3.05) is 6.54 Å². The smallest absolute Gasteiger partial charge is 0.164 e. The topological polar surface area (TPSA) is 66.0 Å². The van der Waals surface area contributed by atoms with Gasteiger partial charge >= 0.3 is 0 Å². The van der Waals surface area contributed by atoms with Crippen LogP contribution in [-0.2, 0) is 13.2 Å². The Labute approximate surface area is 125 Å². The second-order valence-corrected chi connectivity index (χ2v) is 4.69. The molecule has 0 spiro atoms. The Bertz CT molecular complexity index is 652. The average molecular weight is 284 g/mol. The van der Waals surface area contributed by atoms with E-state index < -0.39 is 0 Å². The molecule has 1 heterocycles. The van der Waals surface area contributed by atoms with E-state index >= 15 is 0 Å². The quantitative estimate of drug-likeness (QED) is 0.851. The maximum absolute atomic E-state index is 5.85. The molecule has 2 N–H and O–H groups in total. The Kier molecular flexibility index (Phi) is 5.35. The summed E-state index contributed by atoms with van der Waals surface area (Å²) >= 11 is 0. The molecule has 5 nitrogen and oxygen atoms in total. The average Bonchev–Trinajstić information content (AvgIpc) is 2.92. The first kappa shape index (κ1) is 15.1. The Morgan fingerprint density at radius 2 is 2.24 bits per heavy atom. The van der Waals surface area contributed by atoms with Gasteiger partial charge < -0.3 is 10.5 Å². The molecule has 0 aliphatic rings. The number of aryl methyl sites for hydroxylation is 2. The number of rotatable bonds is 5. The van der Waals surface area contributed by atoms with Crippen LogP contribution in [0.1, 0.15) is 30.3 Å². The number of aromatic nitrogens is 3. The van der Waals surface area contributed by atoms with Gasteiger partial charge in [-0.15, -0.1) is 0 Å². The van der Waals surface area contributed by atoms with Crippen LogP contribution in [-0.4, -0.2) is 21.3 Å². The number of ether oxygens (including phenoxy) is 1. The Morgan fingerprint density at radius 3 is 3.00 bits per heavy atom. The molecule has 0 amide bonds. The minimum absolute atomic E-state index is 0.332. The van der Waals surface area contributed by atoms with Crippen molar-refractivity contribution in [1.82, 2.24) is 14.8 Å². The molecule has 0 radical (unpaired) electrons. The van der Waals surface area contributed by atoms with Crippen LogP contribution in [0.2, 0.25) is 0 Å². The Morgan fingerprint density at radius 1 is 1.38 bits per heavy atom. The van der Waals surface area contributed by atoms with E-state index in [1.807, 2.05) is 29.8 Å². The number of hydrogen-bond donors (Lipinski definition) is 1. The second kappa shape index (κ2) is 7.46. The van der Waals surface area contributed by atoms with Crippen molar-refractivity contribution in [3.63, 3.8) is 0 Å². The van der Waals surface area contributed by atoms with E-state index in [1.165, 1.54) is 0 Å². The van der Waals surface area contributed by atoms with E-state index in [0.717, 1.165) is 35.7 Å². The molecule has 0 saturated carbocycles. The first-order chi connectivity index (χ1) is 10.2. The van der Waals surface area contributed by atoms with Gasteiger partial charge in [0.1, 0.15) is 18.7 Å². The molecule has 2 rings (SSSR count). The van der Waals surface area contributed by atoms with Crippen molar-refractivity contribution in [2.24, 2.45) is 5.73 Å². The van der Waals surface area contributed by atoms with Gasteiger partial charge in [0.25, 0.3) is 0 Å². The van der Waals surface area contributed by atoms with E-state index in [-0.39, 0.29) is 0 Å². The zero-order chi connectivity index (χ0) is 15.1. The van der Waals surface area contributed by atoms with Gasteiger partial charge in [0.2, 0.25) is 0 Å². The fourth-order valence-corrected chi connectivity index (χ4v) is 1.95. The van der Waals surface area contributed by atoms with E-state index in [2.05, 4.69) is 28.8 Å². The standard InChI is InChI=1S/C16H20N4O/c1-3-9-20-16(18-12-19-20)11-21-15-7-6-13(2)10-14(15)5-4-8-17/h6-7,10,12H,3,8-9,11,17H2,1-2H3. The summed E-state index contributed by atoms with van der Waals surface area (Å²) in [6.45, 7) is 5.67. The lowest BCUT2D eigenvalue weighted by atomic mass is 10.1. The summed E-state index contributed by atoms with van der Waals surface area (Å²) in [5.74, 6) is 7.46. The van der Waals surface area contributed by atoms with Crippen LogP contribution in [0.15, 0.2) is 24.5 Å². The lowest BCUT2D eigenvalue weighted by Crippen LogP contribution is -2.09. The predicted molar refractivity (Wildman–Crippen MR) is 81.8 cm³/mol. The van der Waals surface area contributed by atoms with Crippen molar-refractivity contribution >= 4 is 0 Å². The Hall–Kier alpha value is -2.32. The van der Waals surface area contributed by atoms with Gasteiger partial charge in [-0.05, 0) is 31.0 Å². The van der Waals surface area contributed by atoms with Crippen LogP contribution >= 0.6 is 0 Å². The molecule has 1 aromatic heterocycles. The first-order valence-electron chi connectivity index (χ1n) is 7.03. The van der Waals surface area contributed by atoms with Crippen LogP contribution in [0.5, 0.6) is 5.75 Å². The summed E-state index contributed by atoms with van der Waals surface area (Å²) in [5.41, 5.74) is 7.42. The molecular formula is C16H20N4O. The highest BCUT2D eigenvalue weighted by Gasteiger charge is 2.07. The molecular weight excluding hydrogens is 264 g/mol. The lowest BCUT2D eigenvalue weighted by molar-refractivity contribution is 0.285. The summed E-state index contributed by atoms with van der Waals surface area (Å²) in [6, 6.07) is 5.92. The highest BCUT2D eigenvalue weighted by atomic mass is 16.5. The summed E-state index contributed by atoms with van der Waals surface area (Å²) in [4.78, 5) is 4.23. The third-order valence-electron chi connectivity index (χ3n) is 2.95. The minimum atomic E-state index is 0.332. The van der Waals surface area contributed by atoms with Crippen LogP contribution in [0.4, 0.5) is 0 Å². The molecule has 0 saturated heterocycles. The van der Waals surface area contributed by atoms with Crippen molar-refractivity contribution in [3.8, 4) is 17.6 Å². The molecule has 0 atom stereocenters. The van der Waals surface area contributed by atoms with Crippen LogP contribution in [0, 0.1) is 18.8 Å². The largest absolute Gasteiger partial charge is 0.484 e. The van der Waals surface area contributed by atoms with Crippen molar-refractivity contribution in [3.05, 3.63) is 41.5 Å². The van der Waals surface area contributed by atoms with Gasteiger partial charge in [0, 0.05) is 6.54 Å². The van der Waals surface area contributed by atoms with Crippen molar-refractivity contribution in [2.45, 2.75) is 33.4 Å². The third kappa shape index (κ3) is 4.07. The predicted octanol–water partition coefficient (Wildman–Crippen LogP) is 1.89. The zero-order valence-corrected chi connectivity index (χ0v) is 12.5. The lowest BCUT2D eigenvalue weighted by Gasteiger charge is -2.09. The molecule has 21 heavy (non-hydrogen) atoms. The molecule has 0 aliphatic heterocycles. The fraction of sp³-hybridized carbons (Fsp3) is 0.375. The highest BCUT2D eigenvalue weighted by Crippen LogP contribution is 2.20. The molecule has 0 bridgehead atoms. The molecule has 5 heteroatoms. The van der Waals surface area contributed by atoms with E-state index in [1.54, 1.807) is 6.33 Å². The number of nitrogens with two attached hydrogens (primary N) is 1. The fourth-order valence-electron chi connectivity index (χ4n) is 1.95. The van der Waals surface area contributed by atoms with Gasteiger partial charge in [0.05, 0.1) is 12.1 Å². The maximum Gasteiger partial charge on any atom is 0.164 e. The molecule has 0 aliphatic carbocycles. The number of hydrogen-bond acceptors (Lipinski definition) is 4. The maximum atomic E-state index is 5.85. The number of benzene rings is 1. The van der Waals surface area contributed by atoms with Crippen LogP contribution < -0.4 is 10.5 Å². The molecule has 0 fully saturated rings. The van der Waals surface area contributed by atoms with Crippen LogP contribution in [0.25, 0.3) is 0 Å². The van der Waals surface area contributed by atoms with E-state index in [0.29, 0.717) is 13.2 Å². The molecule has 110 valence electrons. The van der Waals surface area contributed by atoms with Gasteiger partial charge in [-0.1, -0.05) is 24.8 Å². The van der Waals surface area contributed by atoms with Gasteiger partial charge in [0.15, 0.2) is 5.82 Å². The minimum Gasteiger partial charge on any atom is -0.484 e. The zero-order valence-electron chi connectivity index (χ0n) is 12.5. The normalized spacial score (nSPS) is 10.0. The third-order valence-corrected chi connectivity index (χ3v) is 2.95. The Balaban J connectivity index is 2.14. The molecule has 0 unspecified atom stereocenters. The first-order valence-corrected chi connectivity index (χ1v) is 7.03. The summed E-state index contributed by atoms with van der Waals surface area (Å²) in [6.07, 6.45) is 2.56.